The summed E-state index contributed by atoms with van der Waals surface area (Å²) in [6, 6.07) is 10.6. The van der Waals surface area contributed by atoms with Gasteiger partial charge in [-0.05, 0) is 22.9 Å². The number of urea groups is 1. The van der Waals surface area contributed by atoms with Crippen molar-refractivity contribution < 1.29 is 19.1 Å². The smallest absolute Gasteiger partial charge is 0.333 e. The van der Waals surface area contributed by atoms with Crippen LogP contribution in [0, 0.1) is 0 Å². The van der Waals surface area contributed by atoms with Gasteiger partial charge in [0, 0.05) is 19.7 Å². The Balaban J connectivity index is 2.21. The molecule has 1 aliphatic heterocycles. The lowest BCUT2D eigenvalue weighted by Gasteiger charge is -2.29. The van der Waals surface area contributed by atoms with Crippen molar-refractivity contribution in [3.05, 3.63) is 60.2 Å². The summed E-state index contributed by atoms with van der Waals surface area (Å²) in [4.78, 5) is 38.7. The van der Waals surface area contributed by atoms with E-state index in [1.807, 2.05) is 30.3 Å². The number of hydrogen-bond acceptors (Lipinski definition) is 4. The highest BCUT2D eigenvalue weighted by atomic mass is 16.5. The number of fused-ring (bicyclic) bond motifs is 1. The molecule has 0 bridgehead atoms. The van der Waals surface area contributed by atoms with Crippen molar-refractivity contribution in [3.8, 4) is 5.75 Å². The lowest BCUT2D eigenvalue weighted by molar-refractivity contribution is -0.134. The van der Waals surface area contributed by atoms with Gasteiger partial charge in [0.25, 0.3) is 11.8 Å². The number of ether oxygens (including phenoxy) is 1. The second-order valence-corrected chi connectivity index (χ2v) is 5.87. The van der Waals surface area contributed by atoms with Crippen LogP contribution >= 0.6 is 0 Å². The Kier molecular flexibility index (Phi) is 4.58. The molecule has 26 heavy (non-hydrogen) atoms. The largest absolute Gasteiger partial charge is 0.489 e. The third-order valence-electron chi connectivity index (χ3n) is 4.22. The zero-order chi connectivity index (χ0) is 18.8. The van der Waals surface area contributed by atoms with Crippen LogP contribution in [0.25, 0.3) is 16.8 Å². The van der Waals surface area contributed by atoms with Gasteiger partial charge in [-0.2, -0.15) is 0 Å². The quantitative estimate of drug-likeness (QED) is 0.483. The van der Waals surface area contributed by atoms with Crippen LogP contribution < -0.4 is 4.74 Å². The first-order valence-electron chi connectivity index (χ1n) is 8.03. The molecule has 3 rings (SSSR count). The van der Waals surface area contributed by atoms with E-state index in [0.717, 1.165) is 20.6 Å². The standard InChI is InChI=1S/C20H18N2O4/c1-4-11-26-17-10-9-13-7-5-6-8-14(13)15(17)12-16-18(23)21(2)20(25)22(3)19(16)24/h4-10,12H,1,11H2,2-3H3. The van der Waals surface area contributed by atoms with E-state index < -0.39 is 17.8 Å². The number of rotatable bonds is 4. The highest BCUT2D eigenvalue weighted by Gasteiger charge is 2.38. The Morgan fingerprint density at radius 2 is 1.65 bits per heavy atom. The van der Waals surface area contributed by atoms with E-state index in [-0.39, 0.29) is 12.2 Å². The zero-order valence-electron chi connectivity index (χ0n) is 14.6. The molecule has 0 N–H and O–H groups in total. The van der Waals surface area contributed by atoms with E-state index in [1.165, 1.54) is 20.2 Å². The first-order chi connectivity index (χ1) is 12.5. The van der Waals surface area contributed by atoms with Crippen molar-refractivity contribution in [2.75, 3.05) is 20.7 Å². The molecule has 1 aliphatic rings. The fraction of sp³-hybridized carbons (Fsp3) is 0.150. The van der Waals surface area contributed by atoms with Crippen LogP contribution in [0.1, 0.15) is 5.56 Å². The Labute approximate surface area is 150 Å². The maximum absolute atomic E-state index is 12.5. The molecular weight excluding hydrogens is 332 g/mol. The lowest BCUT2D eigenvalue weighted by Crippen LogP contribution is -2.52. The molecule has 0 aliphatic carbocycles. The second-order valence-electron chi connectivity index (χ2n) is 5.87. The molecule has 4 amide bonds. The third kappa shape index (κ3) is 2.86. The van der Waals surface area contributed by atoms with Gasteiger partial charge in [0.05, 0.1) is 0 Å². The second kappa shape index (κ2) is 6.84. The molecule has 0 aromatic heterocycles. The van der Waals surface area contributed by atoms with Gasteiger partial charge in [-0.25, -0.2) is 4.79 Å². The number of barbiturate groups is 1. The predicted octanol–water partition coefficient (Wildman–Crippen LogP) is 2.84. The molecule has 132 valence electrons. The molecule has 0 atom stereocenters. The van der Waals surface area contributed by atoms with E-state index in [0.29, 0.717) is 11.3 Å². The lowest BCUT2D eigenvalue weighted by atomic mass is 9.99. The minimum absolute atomic E-state index is 0.0885. The molecule has 2 aromatic carbocycles. The van der Waals surface area contributed by atoms with Gasteiger partial charge in [0.15, 0.2) is 0 Å². The number of hydrogen-bond donors (Lipinski definition) is 0. The summed E-state index contributed by atoms with van der Waals surface area (Å²) in [5.74, 6) is -0.750. The van der Waals surface area contributed by atoms with Crippen molar-refractivity contribution in [1.82, 2.24) is 9.80 Å². The monoisotopic (exact) mass is 350 g/mol. The number of likely N-dealkylation sites (N-methyl/N-ethyl adjacent to an activating group) is 2. The topological polar surface area (TPSA) is 66.9 Å². The van der Waals surface area contributed by atoms with Crippen LogP contribution in [-0.2, 0) is 9.59 Å². The van der Waals surface area contributed by atoms with Crippen molar-refractivity contribution in [3.63, 3.8) is 0 Å². The Bertz CT molecular complexity index is 935. The fourth-order valence-corrected chi connectivity index (χ4v) is 2.82. The maximum Gasteiger partial charge on any atom is 0.333 e. The number of amides is 4. The summed E-state index contributed by atoms with van der Waals surface area (Å²) in [7, 11) is 2.69. The van der Waals surface area contributed by atoms with Gasteiger partial charge in [-0.15, -0.1) is 0 Å². The van der Waals surface area contributed by atoms with Crippen LogP contribution in [-0.4, -0.2) is 48.3 Å². The van der Waals surface area contributed by atoms with E-state index in [4.69, 9.17) is 4.74 Å². The Hall–Kier alpha value is -3.41. The molecule has 0 saturated carbocycles. The number of benzene rings is 2. The number of nitrogens with zero attached hydrogens (tertiary/aromatic N) is 2. The van der Waals surface area contributed by atoms with Crippen LogP contribution in [0.4, 0.5) is 4.79 Å². The number of carbonyl (C=O) groups is 3. The van der Waals surface area contributed by atoms with Crippen molar-refractivity contribution in [2.24, 2.45) is 0 Å². The average Bonchev–Trinajstić information content (AvgIpc) is 2.67. The summed E-state index contributed by atoms with van der Waals surface area (Å²) in [5, 5.41) is 1.78. The Morgan fingerprint density at radius 1 is 1.00 bits per heavy atom. The van der Waals surface area contributed by atoms with Gasteiger partial charge >= 0.3 is 6.03 Å². The molecule has 1 saturated heterocycles. The maximum atomic E-state index is 12.5. The summed E-state index contributed by atoms with van der Waals surface area (Å²) in [5.41, 5.74) is 0.521. The van der Waals surface area contributed by atoms with Crippen molar-refractivity contribution in [2.45, 2.75) is 0 Å². The molecule has 1 heterocycles. The molecule has 6 nitrogen and oxygen atoms in total. The number of imide groups is 2. The Morgan fingerprint density at radius 3 is 2.31 bits per heavy atom. The average molecular weight is 350 g/mol. The molecule has 2 aromatic rings. The highest BCUT2D eigenvalue weighted by Crippen LogP contribution is 2.31. The molecule has 1 fully saturated rings. The minimum atomic E-state index is -0.654. The first-order valence-corrected chi connectivity index (χ1v) is 8.03. The van der Waals surface area contributed by atoms with Gasteiger partial charge in [-0.3, -0.25) is 19.4 Å². The summed E-state index contributed by atoms with van der Waals surface area (Å²) in [6.07, 6.45) is 3.11. The zero-order valence-corrected chi connectivity index (χ0v) is 14.6. The van der Waals surface area contributed by atoms with Gasteiger partial charge in [-0.1, -0.05) is 43.0 Å². The molecule has 0 unspecified atom stereocenters. The molecule has 0 radical (unpaired) electrons. The van der Waals surface area contributed by atoms with Crippen molar-refractivity contribution in [1.29, 1.82) is 0 Å². The summed E-state index contributed by atoms with van der Waals surface area (Å²) < 4.78 is 5.70. The van der Waals surface area contributed by atoms with Crippen molar-refractivity contribution >= 4 is 34.7 Å². The van der Waals surface area contributed by atoms with E-state index >= 15 is 0 Å². The first kappa shape index (κ1) is 17.4. The fourth-order valence-electron chi connectivity index (χ4n) is 2.82. The van der Waals surface area contributed by atoms with Crippen LogP contribution in [0.15, 0.2) is 54.6 Å². The van der Waals surface area contributed by atoms with Crippen LogP contribution in [0.5, 0.6) is 5.75 Å². The van der Waals surface area contributed by atoms with Crippen LogP contribution in [0.3, 0.4) is 0 Å². The number of carbonyl (C=O) groups excluding carboxylic acids is 3. The minimum Gasteiger partial charge on any atom is -0.489 e. The van der Waals surface area contributed by atoms with E-state index in [9.17, 15) is 14.4 Å². The van der Waals surface area contributed by atoms with Crippen LogP contribution in [0.2, 0.25) is 0 Å². The van der Waals surface area contributed by atoms with Gasteiger partial charge < -0.3 is 4.74 Å². The van der Waals surface area contributed by atoms with E-state index in [1.54, 1.807) is 12.1 Å². The molecule has 6 heteroatoms. The highest BCUT2D eigenvalue weighted by molar-refractivity contribution is 6.31. The molecule has 0 spiro atoms. The van der Waals surface area contributed by atoms with Gasteiger partial charge in [0.1, 0.15) is 17.9 Å². The van der Waals surface area contributed by atoms with Gasteiger partial charge in [0.2, 0.25) is 0 Å². The molecular formula is C20H18N2O4. The normalized spacial score (nSPS) is 14.8. The summed E-state index contributed by atoms with van der Waals surface area (Å²) in [6.45, 7) is 3.92. The summed E-state index contributed by atoms with van der Waals surface area (Å²) >= 11 is 0. The van der Waals surface area contributed by atoms with E-state index in [2.05, 4.69) is 6.58 Å². The SMILES string of the molecule is C=CCOc1ccc2ccccc2c1C=C1C(=O)N(C)C(=O)N(C)C1=O. The predicted molar refractivity (Wildman–Crippen MR) is 98.6 cm³/mol. The third-order valence-corrected chi connectivity index (χ3v) is 4.22.